The number of benzene rings is 3. The number of halogens is 2. The summed E-state index contributed by atoms with van der Waals surface area (Å²) in [4.78, 5) is 28.9. The minimum Gasteiger partial charge on any atom is -0.493 e. The van der Waals surface area contributed by atoms with Gasteiger partial charge in [0.15, 0.2) is 0 Å². The highest BCUT2D eigenvalue weighted by atomic mass is 35.5. The molecule has 3 N–H and O–H groups in total. The van der Waals surface area contributed by atoms with Gasteiger partial charge in [0.1, 0.15) is 36.5 Å². The maximum Gasteiger partial charge on any atom is 0.320 e. The smallest absolute Gasteiger partial charge is 0.320 e. The van der Waals surface area contributed by atoms with E-state index in [-0.39, 0.29) is 25.7 Å². The third kappa shape index (κ3) is 9.44. The number of pyridine rings is 1. The van der Waals surface area contributed by atoms with Gasteiger partial charge in [0, 0.05) is 48.6 Å². The first-order chi connectivity index (χ1) is 23.7. The van der Waals surface area contributed by atoms with Crippen LogP contribution in [0.5, 0.6) is 17.2 Å². The molecular formula is C38H41Cl2N3O6. The fourth-order valence-electron chi connectivity index (χ4n) is 5.72. The molecule has 3 aromatic carbocycles. The molecule has 1 unspecified atom stereocenters. The number of hydrogen-bond acceptors (Lipinski definition) is 7. The highest BCUT2D eigenvalue weighted by molar-refractivity contribution is 6.32. The lowest BCUT2D eigenvalue weighted by Gasteiger charge is -2.20. The third-order valence-electron chi connectivity index (χ3n) is 8.55. The van der Waals surface area contributed by atoms with Gasteiger partial charge >= 0.3 is 5.97 Å². The molecule has 9 nitrogen and oxygen atoms in total. The molecular weight excluding hydrogens is 665 g/mol. The molecule has 0 saturated carbocycles. The van der Waals surface area contributed by atoms with Crippen LogP contribution in [0.1, 0.15) is 63.9 Å². The normalized spacial score (nSPS) is 15.4. The van der Waals surface area contributed by atoms with E-state index in [2.05, 4.69) is 41.6 Å². The molecule has 49 heavy (non-hydrogen) atoms. The van der Waals surface area contributed by atoms with Crippen molar-refractivity contribution >= 4 is 35.1 Å². The summed E-state index contributed by atoms with van der Waals surface area (Å²) in [6.45, 7) is 5.72. The molecule has 1 amide bonds. The maximum atomic E-state index is 12.7. The average Bonchev–Trinajstić information content (AvgIpc) is 3.09. The van der Waals surface area contributed by atoms with Crippen molar-refractivity contribution in [3.8, 4) is 28.4 Å². The Bertz CT molecular complexity index is 1780. The van der Waals surface area contributed by atoms with Crippen LogP contribution < -0.4 is 24.8 Å². The molecule has 1 aromatic heterocycles. The molecule has 5 rings (SSSR count). The number of amides is 1. The third-order valence-corrected chi connectivity index (χ3v) is 9.11. The van der Waals surface area contributed by atoms with Crippen molar-refractivity contribution in [3.05, 3.63) is 105 Å². The van der Waals surface area contributed by atoms with Crippen LogP contribution in [0.15, 0.2) is 67.0 Å². The molecule has 1 atom stereocenters. The number of nitrogens with one attached hydrogen (secondary N) is 2. The van der Waals surface area contributed by atoms with Crippen molar-refractivity contribution in [1.29, 1.82) is 0 Å². The lowest BCUT2D eigenvalue weighted by atomic mass is 9.93. The molecule has 2 bridgehead atoms. The molecule has 0 radical (unpaired) electrons. The number of hydrogen-bond donors (Lipinski definition) is 3. The van der Waals surface area contributed by atoms with Crippen molar-refractivity contribution in [2.45, 2.75) is 65.3 Å². The Morgan fingerprint density at radius 2 is 1.82 bits per heavy atom. The number of rotatable bonds is 9. The minimum atomic E-state index is -0.946. The first kappa shape index (κ1) is 36.0. The topological polar surface area (TPSA) is 119 Å². The van der Waals surface area contributed by atoms with E-state index < -0.39 is 12.0 Å². The van der Waals surface area contributed by atoms with Gasteiger partial charge < -0.3 is 30.0 Å². The van der Waals surface area contributed by atoms with E-state index in [4.69, 9.17) is 37.4 Å². The number of fused-ring (bicyclic) bond motifs is 3. The number of carboxylic acid groups (broad SMARTS) is 1. The average molecular weight is 707 g/mol. The number of carboxylic acids is 1. The molecule has 0 aliphatic carbocycles. The summed E-state index contributed by atoms with van der Waals surface area (Å²) in [5.74, 6) is 1.10. The predicted octanol–water partition coefficient (Wildman–Crippen LogP) is 7.64. The fraction of sp³-hybridized carbons (Fsp3) is 0.342. The number of aromatic nitrogens is 1. The first-order valence-corrected chi connectivity index (χ1v) is 17.3. The van der Waals surface area contributed by atoms with E-state index in [1.54, 1.807) is 24.4 Å². The Morgan fingerprint density at radius 1 is 1.02 bits per heavy atom. The summed E-state index contributed by atoms with van der Waals surface area (Å²) in [5.41, 5.74) is 7.08. The number of alkyl halides is 1. The van der Waals surface area contributed by atoms with Crippen molar-refractivity contribution in [2.75, 3.05) is 19.0 Å². The van der Waals surface area contributed by atoms with Gasteiger partial charge in [-0.05, 0) is 85.5 Å². The number of carbonyl (C=O) groups excluding carboxylic acids is 1. The van der Waals surface area contributed by atoms with Gasteiger partial charge in [0.05, 0.1) is 17.2 Å². The summed E-state index contributed by atoms with van der Waals surface area (Å²) in [6.07, 6.45) is 5.59. The molecule has 0 fully saturated rings. The molecule has 0 spiro atoms. The molecule has 4 aromatic rings. The Hall–Kier alpha value is -4.31. The standard InChI is InChI=1S/C38H41Cl2N3O6/c1-24-27(8-5-9-30(24)31-10-6-12-34(25(31)2)47-15-7-13-39)23-49-36-18-35-28(17-32(36)40)21-43-33(38(45)46)11-3-4-14-42-37(44)29-16-26(22-48-35)19-41-20-29/h5-6,8-10,12,16-20,33,43H,3-4,7,11,13-15,21-23H2,1-2H3,(H,42,44)(H,45,46). The quantitative estimate of drug-likeness (QED) is 0.120. The highest BCUT2D eigenvalue weighted by Gasteiger charge is 2.20. The molecule has 2 heterocycles. The van der Waals surface area contributed by atoms with Gasteiger partial charge in [-0.25, -0.2) is 0 Å². The van der Waals surface area contributed by atoms with E-state index in [0.29, 0.717) is 71.5 Å². The van der Waals surface area contributed by atoms with Crippen molar-refractivity contribution in [2.24, 2.45) is 0 Å². The van der Waals surface area contributed by atoms with Crippen LogP contribution in [0, 0.1) is 13.8 Å². The van der Waals surface area contributed by atoms with Crippen LogP contribution in [-0.4, -0.2) is 47.0 Å². The second-order valence-electron chi connectivity index (χ2n) is 12.0. The number of nitrogens with zero attached hydrogens (tertiary/aromatic N) is 1. The van der Waals surface area contributed by atoms with Crippen LogP contribution in [0.2, 0.25) is 5.02 Å². The lowest BCUT2D eigenvalue weighted by molar-refractivity contribution is -0.139. The molecule has 258 valence electrons. The zero-order valence-electron chi connectivity index (χ0n) is 27.7. The summed E-state index contributed by atoms with van der Waals surface area (Å²) < 4.78 is 18.5. The molecule has 11 heteroatoms. The Labute approximate surface area is 296 Å². The summed E-state index contributed by atoms with van der Waals surface area (Å²) >= 11 is 12.6. The fourth-order valence-corrected chi connectivity index (χ4v) is 6.07. The maximum absolute atomic E-state index is 12.7. The molecule has 0 saturated heterocycles. The van der Waals surface area contributed by atoms with Gasteiger partial charge in [-0.1, -0.05) is 41.9 Å². The van der Waals surface area contributed by atoms with E-state index in [1.165, 1.54) is 6.20 Å². The lowest BCUT2D eigenvalue weighted by Crippen LogP contribution is -2.36. The van der Waals surface area contributed by atoms with Crippen LogP contribution in [-0.2, 0) is 24.6 Å². The van der Waals surface area contributed by atoms with E-state index in [9.17, 15) is 14.7 Å². The Morgan fingerprint density at radius 3 is 2.61 bits per heavy atom. The van der Waals surface area contributed by atoms with Gasteiger partial charge in [0.2, 0.25) is 0 Å². The van der Waals surface area contributed by atoms with Crippen LogP contribution in [0.25, 0.3) is 11.1 Å². The van der Waals surface area contributed by atoms with Crippen LogP contribution in [0.4, 0.5) is 0 Å². The van der Waals surface area contributed by atoms with E-state index in [0.717, 1.165) is 40.0 Å². The Kier molecular flexibility index (Phi) is 12.8. The largest absolute Gasteiger partial charge is 0.493 e. The van der Waals surface area contributed by atoms with Gasteiger partial charge in [0.25, 0.3) is 5.91 Å². The predicted molar refractivity (Wildman–Crippen MR) is 191 cm³/mol. The number of ether oxygens (including phenoxy) is 3. The number of carbonyl (C=O) groups is 2. The van der Waals surface area contributed by atoms with Gasteiger partial charge in [-0.3, -0.25) is 14.6 Å². The minimum absolute atomic E-state index is 0.125. The summed E-state index contributed by atoms with van der Waals surface area (Å²) in [7, 11) is 0. The summed E-state index contributed by atoms with van der Waals surface area (Å²) in [6, 6.07) is 16.6. The SMILES string of the molecule is Cc1c(COc2cc3c(cc2Cl)CNC(C(=O)O)CCCCNC(=O)c2cncc(c2)CO3)cccc1-c1cccc(OCCCCl)c1C. The summed E-state index contributed by atoms with van der Waals surface area (Å²) in [5, 5.41) is 16.2. The molecule has 1 aliphatic heterocycles. The van der Waals surface area contributed by atoms with Crippen molar-refractivity contribution in [3.63, 3.8) is 0 Å². The zero-order valence-corrected chi connectivity index (χ0v) is 29.2. The van der Waals surface area contributed by atoms with Gasteiger partial charge in [-0.15, -0.1) is 11.6 Å². The van der Waals surface area contributed by atoms with Crippen molar-refractivity contribution in [1.82, 2.24) is 15.6 Å². The highest BCUT2D eigenvalue weighted by Crippen LogP contribution is 2.36. The molecule has 1 aliphatic rings. The zero-order chi connectivity index (χ0) is 34.8. The Balaban J connectivity index is 1.40. The van der Waals surface area contributed by atoms with E-state index in [1.807, 2.05) is 24.3 Å². The van der Waals surface area contributed by atoms with E-state index >= 15 is 0 Å². The number of aliphatic carboxylic acids is 1. The van der Waals surface area contributed by atoms with Crippen LogP contribution in [0.3, 0.4) is 0 Å². The van der Waals surface area contributed by atoms with Crippen molar-refractivity contribution < 1.29 is 28.9 Å². The van der Waals surface area contributed by atoms with Gasteiger partial charge in [-0.2, -0.15) is 0 Å². The second-order valence-corrected chi connectivity index (χ2v) is 12.8. The first-order valence-electron chi connectivity index (χ1n) is 16.4. The second kappa shape index (κ2) is 17.4. The monoisotopic (exact) mass is 705 g/mol. The van der Waals surface area contributed by atoms with Crippen LogP contribution >= 0.6 is 23.2 Å².